The number of nitrogens with one attached hydrogen (secondary N) is 2. The zero-order valence-corrected chi connectivity index (χ0v) is 13.4. The maximum absolute atomic E-state index is 13.0. The largest absolute Gasteiger partial charge is 0.368 e. The third kappa shape index (κ3) is 2.93. The molecule has 3 aromatic rings. The summed E-state index contributed by atoms with van der Waals surface area (Å²) in [6, 6.07) is 1.86. The molecule has 10 heteroatoms. The van der Waals surface area contributed by atoms with Crippen LogP contribution in [0.25, 0.3) is 11.0 Å². The average Bonchev–Trinajstić information content (AvgIpc) is 3.28. The zero-order chi connectivity index (χ0) is 17.2. The minimum Gasteiger partial charge on any atom is -0.368 e. The fourth-order valence-electron chi connectivity index (χ4n) is 3.10. The molecule has 0 saturated carbocycles. The van der Waals surface area contributed by atoms with Crippen LogP contribution in [0.15, 0.2) is 24.9 Å². The topological polar surface area (TPSA) is 139 Å². The molecule has 25 heavy (non-hydrogen) atoms. The first-order chi connectivity index (χ1) is 12.2. The van der Waals surface area contributed by atoms with Gasteiger partial charge in [-0.2, -0.15) is 4.98 Å². The van der Waals surface area contributed by atoms with Crippen LogP contribution in [0.1, 0.15) is 23.3 Å². The molecule has 0 unspecified atom stereocenters. The Kier molecular flexibility index (Phi) is 3.84. The number of nitrogens with zero attached hydrogens (tertiary/aromatic N) is 6. The second kappa shape index (κ2) is 6.30. The molecule has 128 valence electrons. The minimum absolute atomic E-state index is 0.0365. The molecule has 0 aromatic carbocycles. The van der Waals surface area contributed by atoms with E-state index >= 15 is 0 Å². The van der Waals surface area contributed by atoms with E-state index in [2.05, 4.69) is 35.2 Å². The summed E-state index contributed by atoms with van der Waals surface area (Å²) in [7, 11) is 0. The number of carbonyl (C=O) groups excluding carboxylic acids is 1. The van der Waals surface area contributed by atoms with E-state index in [1.165, 1.54) is 12.7 Å². The molecule has 0 spiro atoms. The van der Waals surface area contributed by atoms with Gasteiger partial charge in [0.1, 0.15) is 24.0 Å². The molecular formula is C15H17N9O. The van der Waals surface area contributed by atoms with Crippen LogP contribution >= 0.6 is 0 Å². The Labute approximate surface area is 142 Å². The zero-order valence-electron chi connectivity index (χ0n) is 13.4. The molecule has 4 rings (SSSR count). The normalized spacial score (nSPS) is 17.1. The number of hydrogen-bond acceptors (Lipinski definition) is 8. The van der Waals surface area contributed by atoms with Crippen molar-refractivity contribution in [2.24, 2.45) is 0 Å². The van der Waals surface area contributed by atoms with Crippen molar-refractivity contribution < 1.29 is 4.79 Å². The van der Waals surface area contributed by atoms with Gasteiger partial charge in [-0.15, -0.1) is 0 Å². The van der Waals surface area contributed by atoms with E-state index in [1.54, 1.807) is 6.20 Å². The van der Waals surface area contributed by atoms with Gasteiger partial charge in [0.2, 0.25) is 11.9 Å². The first kappa shape index (κ1) is 15.2. The summed E-state index contributed by atoms with van der Waals surface area (Å²) in [5.74, 6) is 0.473. The number of rotatable bonds is 4. The van der Waals surface area contributed by atoms with Gasteiger partial charge in [-0.1, -0.05) is 0 Å². The van der Waals surface area contributed by atoms with E-state index in [1.807, 2.05) is 11.0 Å². The Morgan fingerprint density at radius 2 is 2.20 bits per heavy atom. The molecule has 0 bridgehead atoms. The van der Waals surface area contributed by atoms with Crippen molar-refractivity contribution >= 4 is 28.8 Å². The number of amides is 1. The molecular weight excluding hydrogens is 322 g/mol. The summed E-state index contributed by atoms with van der Waals surface area (Å²) in [6.45, 7) is 1.23. The monoisotopic (exact) mass is 339 g/mol. The Morgan fingerprint density at radius 1 is 1.32 bits per heavy atom. The number of hydrogen-bond donors (Lipinski definition) is 3. The molecule has 1 atom stereocenters. The third-order valence-electron chi connectivity index (χ3n) is 4.28. The van der Waals surface area contributed by atoms with Gasteiger partial charge in [0.15, 0.2) is 0 Å². The third-order valence-corrected chi connectivity index (χ3v) is 4.28. The van der Waals surface area contributed by atoms with Gasteiger partial charge in [-0.25, -0.2) is 19.9 Å². The number of nitrogens with two attached hydrogens (primary N) is 1. The van der Waals surface area contributed by atoms with Crippen LogP contribution in [-0.4, -0.2) is 59.8 Å². The van der Waals surface area contributed by atoms with Crippen LogP contribution in [-0.2, 0) is 0 Å². The highest BCUT2D eigenvalue weighted by atomic mass is 16.2. The minimum atomic E-state index is -0.0912. The summed E-state index contributed by atoms with van der Waals surface area (Å²) >= 11 is 0. The highest BCUT2D eigenvalue weighted by Crippen LogP contribution is 2.22. The van der Waals surface area contributed by atoms with Crippen LogP contribution in [0, 0.1) is 0 Å². The van der Waals surface area contributed by atoms with Gasteiger partial charge < -0.3 is 20.9 Å². The van der Waals surface area contributed by atoms with Gasteiger partial charge in [-0.3, -0.25) is 4.79 Å². The lowest BCUT2D eigenvalue weighted by atomic mass is 10.2. The number of H-pyrrole nitrogens is 1. The van der Waals surface area contributed by atoms with Crippen LogP contribution in [0.4, 0.5) is 11.9 Å². The van der Waals surface area contributed by atoms with Crippen molar-refractivity contribution in [1.29, 1.82) is 0 Å². The first-order valence-electron chi connectivity index (χ1n) is 8.00. The van der Waals surface area contributed by atoms with Crippen LogP contribution < -0.4 is 11.1 Å². The molecule has 0 radical (unpaired) electrons. The fourth-order valence-corrected chi connectivity index (χ4v) is 3.10. The Hall–Kier alpha value is -3.30. The van der Waals surface area contributed by atoms with Crippen molar-refractivity contribution in [3.8, 4) is 0 Å². The lowest BCUT2D eigenvalue weighted by Gasteiger charge is -2.24. The molecule has 1 fully saturated rings. The maximum Gasteiger partial charge on any atom is 0.273 e. The van der Waals surface area contributed by atoms with Gasteiger partial charge in [0, 0.05) is 25.3 Å². The quantitative estimate of drug-likeness (QED) is 0.622. The van der Waals surface area contributed by atoms with E-state index in [0.29, 0.717) is 30.4 Å². The average molecular weight is 339 g/mol. The molecule has 1 amide bonds. The predicted octanol–water partition coefficient (Wildman–Crippen LogP) is 0.442. The van der Waals surface area contributed by atoms with Gasteiger partial charge in [0.05, 0.1) is 5.39 Å². The number of aromatic nitrogens is 6. The predicted molar refractivity (Wildman–Crippen MR) is 90.7 cm³/mol. The number of likely N-dealkylation sites (tertiary alicyclic amines) is 1. The molecule has 3 aromatic heterocycles. The molecule has 1 saturated heterocycles. The van der Waals surface area contributed by atoms with E-state index in [9.17, 15) is 4.79 Å². The summed E-state index contributed by atoms with van der Waals surface area (Å²) in [6.07, 6.45) is 6.36. The van der Waals surface area contributed by atoms with Crippen molar-refractivity contribution in [1.82, 2.24) is 34.8 Å². The molecule has 1 aliphatic heterocycles. The molecule has 0 aliphatic carbocycles. The smallest absolute Gasteiger partial charge is 0.273 e. The van der Waals surface area contributed by atoms with E-state index in [0.717, 1.165) is 18.2 Å². The number of nitrogen functional groups attached to an aromatic ring is 1. The summed E-state index contributed by atoms with van der Waals surface area (Å²) in [4.78, 5) is 37.9. The highest BCUT2D eigenvalue weighted by Gasteiger charge is 2.31. The van der Waals surface area contributed by atoms with Crippen LogP contribution in [0.3, 0.4) is 0 Å². The van der Waals surface area contributed by atoms with E-state index < -0.39 is 0 Å². The Morgan fingerprint density at radius 3 is 3.08 bits per heavy atom. The first-order valence-corrected chi connectivity index (χ1v) is 8.00. The molecule has 4 N–H and O–H groups in total. The second-order valence-corrected chi connectivity index (χ2v) is 5.81. The number of fused-ring (bicyclic) bond motifs is 1. The standard InChI is InChI=1S/C15H17N9O/c16-14-21-8-22-15(23-14)18-6-9-2-1-5-24(9)13(25)11-10-3-4-17-12(10)20-7-19-11/h3-4,7-9H,1-2,5-6H2,(H,17,19,20)(H3,16,18,21,22,23)/t9-/m1/s1. The van der Waals surface area contributed by atoms with Crippen molar-refractivity contribution in [3.63, 3.8) is 0 Å². The van der Waals surface area contributed by atoms with Crippen molar-refractivity contribution in [2.75, 3.05) is 24.1 Å². The molecule has 10 nitrogen and oxygen atoms in total. The SMILES string of the molecule is Nc1ncnc(NC[C@H]2CCCN2C(=O)c2ncnc3[nH]ccc23)n1. The second-order valence-electron chi connectivity index (χ2n) is 5.81. The lowest BCUT2D eigenvalue weighted by molar-refractivity contribution is 0.0739. The van der Waals surface area contributed by atoms with Crippen LogP contribution in [0.5, 0.6) is 0 Å². The summed E-state index contributed by atoms with van der Waals surface area (Å²) in [5, 5.41) is 3.85. The Balaban J connectivity index is 1.51. The summed E-state index contributed by atoms with van der Waals surface area (Å²) in [5.41, 5.74) is 6.63. The van der Waals surface area contributed by atoms with Gasteiger partial charge in [0.25, 0.3) is 5.91 Å². The van der Waals surface area contributed by atoms with Crippen molar-refractivity contribution in [2.45, 2.75) is 18.9 Å². The summed E-state index contributed by atoms with van der Waals surface area (Å²) < 4.78 is 0. The number of anilines is 2. The highest BCUT2D eigenvalue weighted by molar-refractivity contribution is 6.03. The van der Waals surface area contributed by atoms with E-state index in [-0.39, 0.29) is 17.9 Å². The lowest BCUT2D eigenvalue weighted by Crippen LogP contribution is -2.40. The van der Waals surface area contributed by atoms with Crippen LogP contribution in [0.2, 0.25) is 0 Å². The molecule has 1 aliphatic rings. The number of aromatic amines is 1. The molecule has 4 heterocycles. The maximum atomic E-state index is 13.0. The van der Waals surface area contributed by atoms with Crippen molar-refractivity contribution in [3.05, 3.63) is 30.6 Å². The van der Waals surface area contributed by atoms with Gasteiger partial charge in [-0.05, 0) is 18.9 Å². The number of carbonyl (C=O) groups is 1. The van der Waals surface area contributed by atoms with Gasteiger partial charge >= 0.3 is 0 Å². The Bertz CT molecular complexity index is 909. The van der Waals surface area contributed by atoms with E-state index in [4.69, 9.17) is 5.73 Å². The fraction of sp³-hybridized carbons (Fsp3) is 0.333.